The van der Waals surface area contributed by atoms with Gasteiger partial charge < -0.3 is 10.4 Å². The van der Waals surface area contributed by atoms with Gasteiger partial charge in [-0.3, -0.25) is 14.5 Å². The van der Waals surface area contributed by atoms with E-state index >= 15 is 0 Å². The zero-order valence-corrected chi connectivity index (χ0v) is 18.0. The minimum Gasteiger partial charge on any atom is -0.478 e. The van der Waals surface area contributed by atoms with Crippen molar-refractivity contribution in [3.8, 4) is 0 Å². The maximum absolute atomic E-state index is 12.6. The first-order valence-electron chi connectivity index (χ1n) is 8.98. The molecule has 2 aromatic carbocycles. The number of benzene rings is 2. The van der Waals surface area contributed by atoms with Gasteiger partial charge in [0.1, 0.15) is 4.32 Å². The second-order valence-electron chi connectivity index (χ2n) is 6.39. The molecule has 1 heterocycles. The van der Waals surface area contributed by atoms with Crippen LogP contribution in [0.2, 0.25) is 5.02 Å². The fraction of sp³-hybridized carbons (Fsp3) is 0.143. The van der Waals surface area contributed by atoms with Crippen molar-refractivity contribution in [2.45, 2.75) is 12.8 Å². The number of carbonyl (C=O) groups excluding carboxylic acids is 2. The monoisotopic (exact) mass is 460 g/mol. The lowest BCUT2D eigenvalue weighted by molar-refractivity contribution is -0.122. The van der Waals surface area contributed by atoms with Crippen LogP contribution in [0, 0.1) is 0 Å². The van der Waals surface area contributed by atoms with Crippen LogP contribution in [0.5, 0.6) is 0 Å². The fourth-order valence-electron chi connectivity index (χ4n) is 2.78. The first-order valence-corrected chi connectivity index (χ1v) is 10.6. The molecule has 0 bridgehead atoms. The molecular formula is C21H17ClN2O4S2. The van der Waals surface area contributed by atoms with E-state index in [2.05, 4.69) is 5.32 Å². The molecule has 0 atom stereocenters. The van der Waals surface area contributed by atoms with Gasteiger partial charge in [0, 0.05) is 23.7 Å². The summed E-state index contributed by atoms with van der Waals surface area (Å²) in [6, 6.07) is 13.2. The van der Waals surface area contributed by atoms with Crippen LogP contribution in [0.1, 0.15) is 28.8 Å². The Balaban J connectivity index is 1.54. The summed E-state index contributed by atoms with van der Waals surface area (Å²) in [5.74, 6) is -1.54. The van der Waals surface area contributed by atoms with Gasteiger partial charge in [-0.25, -0.2) is 4.79 Å². The van der Waals surface area contributed by atoms with Gasteiger partial charge in [0.15, 0.2) is 0 Å². The Morgan fingerprint density at radius 2 is 1.97 bits per heavy atom. The maximum Gasteiger partial charge on any atom is 0.335 e. The lowest BCUT2D eigenvalue weighted by atomic mass is 10.2. The van der Waals surface area contributed by atoms with E-state index in [1.807, 2.05) is 18.2 Å². The van der Waals surface area contributed by atoms with Gasteiger partial charge in [-0.05, 0) is 42.3 Å². The predicted octanol–water partition coefficient (Wildman–Crippen LogP) is 4.66. The van der Waals surface area contributed by atoms with Crippen molar-refractivity contribution in [2.75, 3.05) is 11.9 Å². The van der Waals surface area contributed by atoms with E-state index in [-0.39, 0.29) is 23.8 Å². The van der Waals surface area contributed by atoms with Crippen LogP contribution in [-0.4, -0.2) is 38.7 Å². The Morgan fingerprint density at radius 1 is 1.20 bits per heavy atom. The number of amides is 2. The van der Waals surface area contributed by atoms with Crippen LogP contribution in [0.25, 0.3) is 6.08 Å². The van der Waals surface area contributed by atoms with Crippen molar-refractivity contribution in [1.82, 2.24) is 4.90 Å². The number of carbonyl (C=O) groups is 3. The number of aromatic carboxylic acids is 1. The molecule has 0 saturated carbocycles. The SMILES string of the molecule is O=C(CCCN1C(=O)/C(=C/c2ccccc2Cl)SC1=S)Nc1cccc(C(=O)O)c1. The number of carboxylic acids is 1. The lowest BCUT2D eigenvalue weighted by Gasteiger charge is -2.14. The number of rotatable bonds is 7. The molecule has 6 nitrogen and oxygen atoms in total. The average Bonchev–Trinajstić information content (AvgIpc) is 2.97. The van der Waals surface area contributed by atoms with Crippen molar-refractivity contribution < 1.29 is 19.5 Å². The topological polar surface area (TPSA) is 86.7 Å². The van der Waals surface area contributed by atoms with Gasteiger partial charge in [-0.2, -0.15) is 0 Å². The molecule has 0 aromatic heterocycles. The van der Waals surface area contributed by atoms with Gasteiger partial charge >= 0.3 is 5.97 Å². The highest BCUT2D eigenvalue weighted by molar-refractivity contribution is 8.26. The van der Waals surface area contributed by atoms with Gasteiger partial charge in [-0.1, -0.05) is 59.8 Å². The number of thioether (sulfide) groups is 1. The third-order valence-corrected chi connectivity index (χ3v) is 5.97. The van der Waals surface area contributed by atoms with Gasteiger partial charge in [-0.15, -0.1) is 0 Å². The molecule has 0 spiro atoms. The summed E-state index contributed by atoms with van der Waals surface area (Å²) < 4.78 is 0.438. The summed E-state index contributed by atoms with van der Waals surface area (Å²) in [7, 11) is 0. The van der Waals surface area contributed by atoms with E-state index in [4.69, 9.17) is 28.9 Å². The summed E-state index contributed by atoms with van der Waals surface area (Å²) >= 11 is 12.7. The van der Waals surface area contributed by atoms with Crippen molar-refractivity contribution in [3.05, 3.63) is 69.6 Å². The second kappa shape index (κ2) is 9.88. The number of halogens is 1. The quantitative estimate of drug-likeness (QED) is 0.461. The second-order valence-corrected chi connectivity index (χ2v) is 8.48. The number of thiocarbonyl (C=S) groups is 1. The number of hydrogen-bond donors (Lipinski definition) is 2. The number of nitrogens with one attached hydrogen (secondary N) is 1. The van der Waals surface area contributed by atoms with Crippen molar-refractivity contribution >= 4 is 69.4 Å². The number of carboxylic acid groups (broad SMARTS) is 1. The van der Waals surface area contributed by atoms with Crippen LogP contribution in [0.15, 0.2) is 53.4 Å². The predicted molar refractivity (Wildman–Crippen MR) is 123 cm³/mol. The third kappa shape index (κ3) is 5.47. The molecule has 1 fully saturated rings. The summed E-state index contributed by atoms with van der Waals surface area (Å²) in [5.41, 5.74) is 1.24. The van der Waals surface area contributed by atoms with Crippen molar-refractivity contribution in [2.24, 2.45) is 0 Å². The largest absolute Gasteiger partial charge is 0.478 e. The maximum atomic E-state index is 12.6. The van der Waals surface area contributed by atoms with Crippen LogP contribution >= 0.6 is 35.6 Å². The van der Waals surface area contributed by atoms with Crippen molar-refractivity contribution in [1.29, 1.82) is 0 Å². The minimum atomic E-state index is -1.06. The first-order chi connectivity index (χ1) is 14.3. The zero-order chi connectivity index (χ0) is 21.7. The molecule has 3 rings (SSSR count). The van der Waals surface area contributed by atoms with Gasteiger partial charge in [0.25, 0.3) is 5.91 Å². The molecule has 0 radical (unpaired) electrons. The summed E-state index contributed by atoms with van der Waals surface area (Å²) in [5, 5.41) is 12.2. The highest BCUT2D eigenvalue weighted by Gasteiger charge is 2.31. The molecule has 30 heavy (non-hydrogen) atoms. The third-order valence-electron chi connectivity index (χ3n) is 4.24. The lowest BCUT2D eigenvalue weighted by Crippen LogP contribution is -2.29. The standard InChI is InChI=1S/C21H17ClN2O4S2/c22-16-8-2-1-5-13(16)12-17-19(26)24(21(29)30-17)10-4-9-18(25)23-15-7-3-6-14(11-15)20(27)28/h1-3,5-8,11-12H,4,9-10H2,(H,23,25)(H,27,28)/b17-12-. The first kappa shape index (κ1) is 22.0. The molecule has 1 aliphatic heterocycles. The molecule has 1 aliphatic rings. The van der Waals surface area contributed by atoms with E-state index in [1.165, 1.54) is 28.8 Å². The zero-order valence-electron chi connectivity index (χ0n) is 15.6. The Bertz CT molecular complexity index is 1050. The Labute approximate surface area is 187 Å². The Hall–Kier alpha value is -2.68. The van der Waals surface area contributed by atoms with Crippen LogP contribution in [0.3, 0.4) is 0 Å². The van der Waals surface area contributed by atoms with E-state index in [1.54, 1.807) is 24.3 Å². The van der Waals surface area contributed by atoms with Crippen LogP contribution in [0.4, 0.5) is 5.69 Å². The highest BCUT2D eigenvalue weighted by Crippen LogP contribution is 2.33. The highest BCUT2D eigenvalue weighted by atomic mass is 35.5. The smallest absolute Gasteiger partial charge is 0.335 e. The average molecular weight is 461 g/mol. The molecular weight excluding hydrogens is 444 g/mol. The van der Waals surface area contributed by atoms with Crippen LogP contribution < -0.4 is 5.32 Å². The molecule has 9 heteroatoms. The molecule has 1 saturated heterocycles. The summed E-state index contributed by atoms with van der Waals surface area (Å²) in [4.78, 5) is 37.8. The molecule has 2 amide bonds. The summed E-state index contributed by atoms with van der Waals surface area (Å²) in [6.45, 7) is 0.313. The minimum absolute atomic E-state index is 0.0932. The van der Waals surface area contributed by atoms with E-state index in [9.17, 15) is 14.4 Å². The van der Waals surface area contributed by atoms with Crippen LogP contribution in [-0.2, 0) is 9.59 Å². The van der Waals surface area contributed by atoms with Gasteiger partial charge in [0.2, 0.25) is 5.91 Å². The van der Waals surface area contributed by atoms with E-state index in [0.29, 0.717) is 32.9 Å². The molecule has 2 aromatic rings. The van der Waals surface area contributed by atoms with Gasteiger partial charge in [0.05, 0.1) is 10.5 Å². The molecule has 0 unspecified atom stereocenters. The number of nitrogens with zero attached hydrogens (tertiary/aromatic N) is 1. The number of anilines is 1. The Kier molecular flexibility index (Phi) is 7.25. The number of hydrogen-bond acceptors (Lipinski definition) is 5. The summed E-state index contributed by atoms with van der Waals surface area (Å²) in [6.07, 6.45) is 2.29. The molecule has 2 N–H and O–H groups in total. The normalized spacial score (nSPS) is 15.0. The van der Waals surface area contributed by atoms with E-state index in [0.717, 1.165) is 5.56 Å². The molecule has 154 valence electrons. The fourth-order valence-corrected chi connectivity index (χ4v) is 4.27. The van der Waals surface area contributed by atoms with E-state index < -0.39 is 5.97 Å². The Morgan fingerprint density at radius 3 is 2.70 bits per heavy atom. The molecule has 0 aliphatic carbocycles. The van der Waals surface area contributed by atoms with Crippen molar-refractivity contribution in [3.63, 3.8) is 0 Å².